The van der Waals surface area contributed by atoms with E-state index >= 15 is 0 Å². The predicted octanol–water partition coefficient (Wildman–Crippen LogP) is 6.61. The van der Waals surface area contributed by atoms with Crippen LogP contribution < -0.4 is 10.4 Å². The molecule has 0 amide bonds. The average molecular weight is 573 g/mol. The van der Waals surface area contributed by atoms with Gasteiger partial charge in [-0.1, -0.05) is 60.4 Å². The molecular weight excluding hydrogens is 550 g/mol. The molecule has 0 aromatic heterocycles. The van der Waals surface area contributed by atoms with Gasteiger partial charge in [-0.05, 0) is 71.3 Å². The highest BCUT2D eigenvalue weighted by Gasteiger charge is 2.32. The van der Waals surface area contributed by atoms with E-state index in [1.54, 1.807) is 6.07 Å². The Bertz CT molecular complexity index is 943. The molecule has 0 saturated carbocycles. The summed E-state index contributed by atoms with van der Waals surface area (Å²) in [7, 11) is 0. The summed E-state index contributed by atoms with van der Waals surface area (Å²) in [4.78, 5) is 0.694. The fourth-order valence-electron chi connectivity index (χ4n) is 3.87. The van der Waals surface area contributed by atoms with E-state index in [4.69, 9.17) is 40.5 Å². The minimum absolute atomic E-state index is 0.0274. The monoisotopic (exact) mass is 572 g/mol. The molecule has 0 aliphatic carbocycles. The molecule has 4 rings (SSSR count). The Morgan fingerprint density at radius 2 is 1.73 bits per heavy atom. The maximum absolute atomic E-state index is 6.54. The minimum atomic E-state index is 0.0274. The molecule has 0 spiro atoms. The van der Waals surface area contributed by atoms with Crippen LogP contribution in [0.15, 0.2) is 47.6 Å². The number of rotatable bonds is 4. The fraction of sp³-hybridized carbons (Fsp3) is 0.364. The molecule has 4 nitrogen and oxygen atoms in total. The first-order valence-electron chi connectivity index (χ1n) is 10.1. The number of hydrazone groups is 1. The van der Waals surface area contributed by atoms with Crippen LogP contribution in [0.3, 0.4) is 0 Å². The Morgan fingerprint density at radius 3 is 2.40 bits per heavy atom. The van der Waals surface area contributed by atoms with Crippen LogP contribution in [0.2, 0.25) is 10.0 Å². The first-order valence-corrected chi connectivity index (χ1v) is 12.4. The molecule has 2 aromatic rings. The van der Waals surface area contributed by atoms with Crippen molar-refractivity contribution < 1.29 is 0 Å². The van der Waals surface area contributed by atoms with E-state index in [0.717, 1.165) is 30.9 Å². The molecule has 1 N–H and O–H groups in total. The average Bonchev–Trinajstić information content (AvgIpc) is 3.00. The molecule has 2 heterocycles. The second-order valence-electron chi connectivity index (χ2n) is 7.60. The van der Waals surface area contributed by atoms with Gasteiger partial charge in [0.1, 0.15) is 4.99 Å². The molecule has 2 aliphatic rings. The summed E-state index contributed by atoms with van der Waals surface area (Å²) in [5, 5.41) is 10.3. The highest BCUT2D eigenvalue weighted by Crippen LogP contribution is 2.39. The number of thiocarbonyl (C=S) groups is 1. The number of nitrogens with zero attached hydrogens (tertiary/aromatic N) is 3. The maximum Gasteiger partial charge on any atom is 0.137 e. The number of benzene rings is 2. The summed E-state index contributed by atoms with van der Waals surface area (Å²) in [6.07, 6.45) is 5.67. The van der Waals surface area contributed by atoms with Gasteiger partial charge in [-0.15, -0.1) is 0 Å². The van der Waals surface area contributed by atoms with E-state index in [2.05, 4.69) is 57.3 Å². The van der Waals surface area contributed by atoms with E-state index in [-0.39, 0.29) is 6.04 Å². The van der Waals surface area contributed by atoms with Gasteiger partial charge in [0, 0.05) is 28.1 Å². The van der Waals surface area contributed by atoms with Gasteiger partial charge in [0.05, 0.1) is 22.5 Å². The molecular formula is C22H23Cl2IN4S. The lowest BCUT2D eigenvalue weighted by Crippen LogP contribution is -2.44. The van der Waals surface area contributed by atoms with Crippen molar-refractivity contribution in [3.8, 4) is 0 Å². The van der Waals surface area contributed by atoms with Crippen LogP contribution in [0, 0.1) is 3.57 Å². The second-order valence-corrected chi connectivity index (χ2v) is 10.1. The third-order valence-corrected chi connectivity index (χ3v) is 7.03. The van der Waals surface area contributed by atoms with Crippen molar-refractivity contribution in [3.05, 3.63) is 61.6 Å². The number of hydrogen-bond acceptors (Lipinski definition) is 4. The summed E-state index contributed by atoms with van der Waals surface area (Å²) in [5.41, 5.74) is 6.32. The molecule has 1 atom stereocenters. The largest absolute Gasteiger partial charge is 0.308 e. The number of hydrogen-bond donors (Lipinski definition) is 1. The molecule has 2 aromatic carbocycles. The maximum atomic E-state index is 6.54. The Labute approximate surface area is 206 Å². The van der Waals surface area contributed by atoms with Crippen molar-refractivity contribution >= 4 is 74.4 Å². The molecule has 1 fully saturated rings. The summed E-state index contributed by atoms with van der Waals surface area (Å²) in [6.45, 7) is 2.03. The lowest BCUT2D eigenvalue weighted by Gasteiger charge is -2.25. The lowest BCUT2D eigenvalue weighted by atomic mass is 10.0. The van der Waals surface area contributed by atoms with Crippen LogP contribution in [0.1, 0.15) is 43.7 Å². The molecule has 8 heteroatoms. The van der Waals surface area contributed by atoms with Crippen LogP contribution in [-0.2, 0) is 0 Å². The van der Waals surface area contributed by atoms with E-state index in [0.29, 0.717) is 15.0 Å². The Morgan fingerprint density at radius 1 is 1.03 bits per heavy atom. The molecule has 0 radical (unpaired) electrons. The van der Waals surface area contributed by atoms with Gasteiger partial charge in [0.2, 0.25) is 0 Å². The van der Waals surface area contributed by atoms with E-state index in [1.807, 2.05) is 17.1 Å². The summed E-state index contributed by atoms with van der Waals surface area (Å²) in [6, 6.07) is 14.1. The minimum Gasteiger partial charge on any atom is -0.308 e. The van der Waals surface area contributed by atoms with Gasteiger partial charge in [-0.3, -0.25) is 5.01 Å². The van der Waals surface area contributed by atoms with Crippen LogP contribution in [0.5, 0.6) is 0 Å². The van der Waals surface area contributed by atoms with E-state index in [1.165, 1.54) is 34.8 Å². The SMILES string of the molecule is S=C(NN1CCCCCC1)C1=NN(c2ccc(Cl)cc2Cl)C(c2ccc(I)cc2)C1. The highest BCUT2D eigenvalue weighted by atomic mass is 127. The Hall–Kier alpha value is -0.930. The predicted molar refractivity (Wildman–Crippen MR) is 139 cm³/mol. The van der Waals surface area contributed by atoms with Gasteiger partial charge in [0.25, 0.3) is 0 Å². The van der Waals surface area contributed by atoms with E-state index < -0.39 is 0 Å². The first kappa shape index (κ1) is 22.3. The molecule has 2 aliphatic heterocycles. The molecule has 30 heavy (non-hydrogen) atoms. The van der Waals surface area contributed by atoms with Gasteiger partial charge in [-0.2, -0.15) is 5.10 Å². The van der Waals surface area contributed by atoms with Crippen molar-refractivity contribution in [1.82, 2.24) is 10.4 Å². The van der Waals surface area contributed by atoms with Crippen LogP contribution in [0.25, 0.3) is 0 Å². The fourth-order valence-corrected chi connectivity index (χ4v) is 4.98. The molecule has 1 saturated heterocycles. The van der Waals surface area contributed by atoms with Gasteiger partial charge >= 0.3 is 0 Å². The first-order chi connectivity index (χ1) is 14.5. The molecule has 1 unspecified atom stereocenters. The second kappa shape index (κ2) is 10.1. The number of anilines is 1. The summed E-state index contributed by atoms with van der Waals surface area (Å²) < 4.78 is 1.20. The van der Waals surface area contributed by atoms with Gasteiger partial charge < -0.3 is 5.43 Å². The topological polar surface area (TPSA) is 30.9 Å². The van der Waals surface area contributed by atoms with Crippen molar-refractivity contribution in [3.63, 3.8) is 0 Å². The number of nitrogens with one attached hydrogen (secondary N) is 1. The number of halogens is 3. The Balaban J connectivity index is 1.61. The van der Waals surface area contributed by atoms with Crippen molar-refractivity contribution in [2.75, 3.05) is 18.1 Å². The third kappa shape index (κ3) is 5.27. The third-order valence-electron chi connectivity index (χ3n) is 5.45. The summed E-state index contributed by atoms with van der Waals surface area (Å²) >= 11 is 20.7. The zero-order chi connectivity index (χ0) is 21.1. The van der Waals surface area contributed by atoms with Crippen LogP contribution in [0.4, 0.5) is 5.69 Å². The lowest BCUT2D eigenvalue weighted by molar-refractivity contribution is 0.248. The summed E-state index contributed by atoms with van der Waals surface area (Å²) in [5.74, 6) is 0. The van der Waals surface area contributed by atoms with E-state index in [9.17, 15) is 0 Å². The molecule has 158 valence electrons. The highest BCUT2D eigenvalue weighted by molar-refractivity contribution is 14.1. The smallest absolute Gasteiger partial charge is 0.137 e. The van der Waals surface area contributed by atoms with Crippen LogP contribution >= 0.6 is 58.0 Å². The zero-order valence-electron chi connectivity index (χ0n) is 16.5. The van der Waals surface area contributed by atoms with Crippen molar-refractivity contribution in [1.29, 1.82) is 0 Å². The molecule has 0 bridgehead atoms. The normalized spacial score (nSPS) is 20.0. The zero-order valence-corrected chi connectivity index (χ0v) is 20.9. The quantitative estimate of drug-likeness (QED) is 0.330. The number of hydrazine groups is 1. The van der Waals surface area contributed by atoms with Gasteiger partial charge in [-0.25, -0.2) is 5.01 Å². The van der Waals surface area contributed by atoms with Crippen LogP contribution in [-0.4, -0.2) is 28.8 Å². The van der Waals surface area contributed by atoms with Gasteiger partial charge in [0.15, 0.2) is 0 Å². The van der Waals surface area contributed by atoms with Crippen molar-refractivity contribution in [2.24, 2.45) is 5.10 Å². The standard InChI is InChI=1S/C22H23Cl2IN4S/c23-16-7-10-20(18(24)13-16)29-21(15-5-8-17(25)9-6-15)14-19(26-29)22(30)27-28-11-3-1-2-4-12-28/h5-10,13,21H,1-4,11-12,14H2,(H,27,30). The van der Waals surface area contributed by atoms with Crippen molar-refractivity contribution in [2.45, 2.75) is 38.1 Å². The Kier molecular flexibility index (Phi) is 7.52.